The van der Waals surface area contributed by atoms with E-state index >= 15 is 0 Å². The molecule has 0 spiro atoms. The molecule has 2 heterocycles. The number of aromatic nitrogens is 4. The van der Waals surface area contributed by atoms with E-state index in [2.05, 4.69) is 35.9 Å². The number of carbonyl (C=O) groups excluding carboxylic acids is 1. The number of hydrogen-bond acceptors (Lipinski definition) is 7. The third kappa shape index (κ3) is 14.5. The van der Waals surface area contributed by atoms with Crippen LogP contribution in [-0.4, -0.2) is 56.3 Å². The van der Waals surface area contributed by atoms with Crippen molar-refractivity contribution in [3.63, 3.8) is 0 Å². The fourth-order valence-corrected chi connectivity index (χ4v) is 6.11. The number of halogens is 3. The van der Waals surface area contributed by atoms with Crippen LogP contribution in [0.25, 0.3) is 45.3 Å². The Kier molecular flexibility index (Phi) is 20.4. The van der Waals surface area contributed by atoms with Crippen molar-refractivity contribution in [1.82, 2.24) is 15.0 Å². The summed E-state index contributed by atoms with van der Waals surface area (Å²) in [5.41, 5.74) is 14.8. The van der Waals surface area contributed by atoms with E-state index in [0.29, 0.717) is 16.8 Å². The number of aryl methyl sites for hydroxylation is 2. The number of amidine groups is 1. The van der Waals surface area contributed by atoms with Crippen molar-refractivity contribution in [3.05, 3.63) is 180 Å². The van der Waals surface area contributed by atoms with Crippen molar-refractivity contribution in [1.29, 1.82) is 5.41 Å². The third-order valence-electron chi connectivity index (χ3n) is 9.32. The summed E-state index contributed by atoms with van der Waals surface area (Å²) < 4.78 is 10.6. The molecule has 8 rings (SSSR count). The first-order chi connectivity index (χ1) is 29.5. The Labute approximate surface area is 392 Å². The first-order valence-corrected chi connectivity index (χ1v) is 20.2. The smallest absolute Gasteiger partial charge is 0.284 e. The number of nitrogens with two attached hydrogens (primary N) is 1. The Balaban J connectivity index is 0.000000232. The maximum atomic E-state index is 11.2. The normalized spacial score (nSPS) is 9.79. The molecule has 0 unspecified atom stereocenters. The quantitative estimate of drug-likeness (QED) is 0.0283. The lowest BCUT2D eigenvalue weighted by molar-refractivity contribution is -0.361. The van der Waals surface area contributed by atoms with Crippen LogP contribution in [0.5, 0.6) is 23.0 Å². The number of imidazole rings is 2. The van der Waals surface area contributed by atoms with Gasteiger partial charge >= 0.3 is 0 Å². The number of nitrogens with one attached hydrogen (secondary N) is 4. The van der Waals surface area contributed by atoms with Crippen LogP contribution < -0.4 is 37.2 Å². The second-order valence-corrected chi connectivity index (χ2v) is 14.0. The largest absolute Gasteiger partial charge is 1.00 e. The number of ether oxygens (including phenoxy) is 2. The highest BCUT2D eigenvalue weighted by Gasteiger charge is 2.14. The zero-order chi connectivity index (χ0) is 43.7. The van der Waals surface area contributed by atoms with Gasteiger partial charge in [0.25, 0.3) is 5.82 Å². The summed E-state index contributed by atoms with van der Waals surface area (Å²) in [6.45, 7) is 4.05. The number of H-pyrrole nitrogens is 3. The summed E-state index contributed by atoms with van der Waals surface area (Å²) in [4.78, 5) is 25.4. The lowest BCUT2D eigenvalue weighted by atomic mass is 10.0. The number of phenols is 2. The Morgan fingerprint density at radius 1 is 0.683 bits per heavy atom. The number of benzene rings is 6. The van der Waals surface area contributed by atoms with Crippen LogP contribution >= 0.6 is 28.3 Å². The van der Waals surface area contributed by atoms with Gasteiger partial charge in [-0.15, -0.1) is 12.4 Å². The standard InChI is InChI=1S/C17H16N2O2.C15H12N2O2.C10H11BrO.C7H8N2.BrH.ClH/c1-20-15-9-8-13(10-16(15)21-2)14-11-18-17(19-14)12-6-4-3-5-7-12;18-13-7-6-11(8-14(13)19)12-9-16-15(17-12)10-4-2-1-3-5-10;1-7-3-4-9(5-8(7)2)10(12)6-11;8-7(9)6-4-2-1-3-5-6;;/h3-11H,1-2H3,(H,18,19);1-9,18-19H,(H,16,17);3-5H,6H2,1-2H3;1-5H,(H3,8,9);2*1H. The lowest BCUT2D eigenvalue weighted by Gasteiger charge is -2.08. The number of aromatic hydroxyl groups is 2. The van der Waals surface area contributed by atoms with E-state index in [1.54, 1.807) is 20.3 Å². The van der Waals surface area contributed by atoms with Crippen LogP contribution in [0.15, 0.2) is 158 Å². The van der Waals surface area contributed by atoms with Crippen LogP contribution in [-0.2, 0) is 0 Å². The van der Waals surface area contributed by atoms with Crippen LogP contribution in [0.4, 0.5) is 0 Å². The summed E-state index contributed by atoms with van der Waals surface area (Å²) >= 11 is 3.15. The summed E-state index contributed by atoms with van der Waals surface area (Å²) in [5, 5.41) is 26.2. The molecule has 63 heavy (non-hydrogen) atoms. The molecular weight excluding hydrogens is 948 g/mol. The van der Waals surface area contributed by atoms with Crippen LogP contribution in [0, 0.1) is 19.3 Å². The number of methoxy groups -OCH3 is 2. The van der Waals surface area contributed by atoms with Crippen molar-refractivity contribution < 1.29 is 46.4 Å². The van der Waals surface area contributed by atoms with Crippen molar-refractivity contribution in [2.75, 3.05) is 19.5 Å². The van der Waals surface area contributed by atoms with Gasteiger partial charge in [0.2, 0.25) is 0 Å². The Hall–Kier alpha value is -6.67. The molecule has 0 amide bonds. The van der Waals surface area contributed by atoms with Gasteiger partial charge < -0.3 is 47.4 Å². The molecule has 8 N–H and O–H groups in total. The van der Waals surface area contributed by atoms with Crippen molar-refractivity contribution in [3.8, 4) is 68.3 Å². The Morgan fingerprint density at radius 2 is 1.27 bits per heavy atom. The van der Waals surface area contributed by atoms with Crippen LogP contribution in [0.3, 0.4) is 0 Å². The van der Waals surface area contributed by atoms with Crippen LogP contribution in [0.1, 0.15) is 27.0 Å². The minimum atomic E-state index is -0.131. The van der Waals surface area contributed by atoms with Gasteiger partial charge in [-0.3, -0.25) is 10.2 Å². The van der Waals surface area contributed by atoms with E-state index in [4.69, 9.17) is 20.6 Å². The number of aromatic amines is 3. The topological polar surface area (TPSA) is 184 Å². The fourth-order valence-electron chi connectivity index (χ4n) is 5.78. The SMILES string of the molecule is COc1ccc(-c2cnc(-c3ccccc3)[nH]2)cc1OC.Cc1ccc(C(=O)CBr)cc1C.Cl.N=C(N)c1ccccc1.Oc1ccc(-c2c[nH+]c(-c3ccccc3)[nH]2)cc1O.[Br-]. The molecule has 0 saturated heterocycles. The molecule has 2 aromatic heterocycles. The molecule has 0 aliphatic rings. The monoisotopic (exact) mass is 994 g/mol. The highest BCUT2D eigenvalue weighted by Crippen LogP contribution is 2.33. The first kappa shape index (κ1) is 50.7. The summed E-state index contributed by atoms with van der Waals surface area (Å²) in [7, 11) is 3.26. The van der Waals surface area contributed by atoms with Gasteiger partial charge in [-0.1, -0.05) is 107 Å². The number of phenolic OH excluding ortho intramolecular Hbond substituents is 2. The maximum absolute atomic E-state index is 11.2. The predicted molar refractivity (Wildman–Crippen MR) is 253 cm³/mol. The minimum absolute atomic E-state index is 0. The molecule has 0 fully saturated rings. The van der Waals surface area contributed by atoms with Gasteiger partial charge in [-0.25, -0.2) is 15.0 Å². The molecule has 14 heteroatoms. The fraction of sp³-hybridized carbons (Fsp3) is 0.102. The number of hydrogen-bond donors (Lipinski definition) is 6. The molecule has 0 radical (unpaired) electrons. The van der Waals surface area contributed by atoms with Crippen molar-refractivity contribution in [2.45, 2.75) is 13.8 Å². The molecule has 0 aliphatic heterocycles. The second kappa shape index (κ2) is 25.3. The van der Waals surface area contributed by atoms with Crippen molar-refractivity contribution >= 4 is 40.0 Å². The number of carbonyl (C=O) groups is 1. The van der Waals surface area contributed by atoms with Gasteiger partial charge in [-0.05, 0) is 79.6 Å². The van der Waals surface area contributed by atoms with Crippen molar-refractivity contribution in [2.24, 2.45) is 5.73 Å². The Bertz CT molecular complexity index is 2660. The minimum Gasteiger partial charge on any atom is -1.00 e. The highest BCUT2D eigenvalue weighted by atomic mass is 79.9. The number of ketones is 1. The summed E-state index contributed by atoms with van der Waals surface area (Å²) in [5.74, 6) is 3.16. The molecule has 0 atom stereocenters. The zero-order valence-electron chi connectivity index (χ0n) is 35.0. The molecular formula is C49H49Br2ClN6O5. The third-order valence-corrected chi connectivity index (χ3v) is 9.83. The van der Waals surface area contributed by atoms with E-state index in [1.165, 1.54) is 23.3 Å². The van der Waals surface area contributed by atoms with Gasteiger partial charge in [0, 0.05) is 27.8 Å². The maximum Gasteiger partial charge on any atom is 0.284 e. The molecule has 8 aromatic rings. The highest BCUT2D eigenvalue weighted by molar-refractivity contribution is 9.09. The predicted octanol–water partition coefficient (Wildman–Crippen LogP) is 7.61. The molecule has 11 nitrogen and oxygen atoms in total. The number of rotatable bonds is 9. The molecule has 0 saturated carbocycles. The molecule has 326 valence electrons. The zero-order valence-corrected chi connectivity index (χ0v) is 39.0. The van der Waals surface area contributed by atoms with E-state index in [-0.39, 0.29) is 52.5 Å². The first-order valence-electron chi connectivity index (χ1n) is 19.1. The average molecular weight is 997 g/mol. The van der Waals surface area contributed by atoms with Gasteiger partial charge in [0.15, 0.2) is 34.5 Å². The second-order valence-electron chi connectivity index (χ2n) is 13.5. The summed E-state index contributed by atoms with van der Waals surface area (Å²) in [6, 6.07) is 45.4. The number of nitrogen functional groups attached to an aromatic ring is 1. The lowest BCUT2D eigenvalue weighted by Crippen LogP contribution is -3.00. The number of alkyl halides is 1. The van der Waals surface area contributed by atoms with Crippen LogP contribution in [0.2, 0.25) is 0 Å². The van der Waals surface area contributed by atoms with E-state index in [9.17, 15) is 15.0 Å². The van der Waals surface area contributed by atoms with Gasteiger partial charge in [-0.2, -0.15) is 0 Å². The Morgan fingerprint density at radius 3 is 1.83 bits per heavy atom. The number of Topliss-reactive ketones (excluding diaryl/α,β-unsaturated/α-hetero) is 1. The molecule has 6 aromatic carbocycles. The average Bonchev–Trinajstić information content (AvgIpc) is 4.01. The molecule has 0 bridgehead atoms. The number of nitrogens with zero attached hydrogens (tertiary/aromatic N) is 1. The summed E-state index contributed by atoms with van der Waals surface area (Å²) in [6.07, 6.45) is 3.65. The van der Waals surface area contributed by atoms with E-state index < -0.39 is 0 Å². The van der Waals surface area contributed by atoms with E-state index in [1.807, 2.05) is 154 Å². The van der Waals surface area contributed by atoms with E-state index in [0.717, 1.165) is 56.4 Å². The molecule has 0 aliphatic carbocycles. The van der Waals surface area contributed by atoms with Gasteiger partial charge in [0.05, 0.1) is 37.0 Å². The van der Waals surface area contributed by atoms with Gasteiger partial charge in [0.1, 0.15) is 17.9 Å².